The van der Waals surface area contributed by atoms with Crippen molar-refractivity contribution in [3.63, 3.8) is 0 Å². The van der Waals surface area contributed by atoms with Crippen molar-refractivity contribution in [1.82, 2.24) is 10.6 Å². The van der Waals surface area contributed by atoms with Crippen LogP contribution in [0.25, 0.3) is 0 Å². The Balaban J connectivity index is 1.41. The molecular formula is C15H26N2O2. The highest BCUT2D eigenvalue weighted by Crippen LogP contribution is 2.44. The third kappa shape index (κ3) is 3.62. The van der Waals surface area contributed by atoms with E-state index in [1.165, 1.54) is 25.7 Å². The zero-order valence-corrected chi connectivity index (χ0v) is 11.6. The van der Waals surface area contributed by atoms with Crippen LogP contribution in [0, 0.1) is 17.8 Å². The number of amides is 2. The molecule has 0 heterocycles. The molecule has 0 aromatic heterocycles. The zero-order valence-electron chi connectivity index (χ0n) is 11.6. The fourth-order valence-electron chi connectivity index (χ4n) is 3.40. The minimum Gasteiger partial charge on any atom is -0.396 e. The summed E-state index contributed by atoms with van der Waals surface area (Å²) in [5.41, 5.74) is 0. The van der Waals surface area contributed by atoms with Gasteiger partial charge in [-0.05, 0) is 69.1 Å². The Morgan fingerprint density at radius 3 is 2.05 bits per heavy atom. The highest BCUT2D eigenvalue weighted by molar-refractivity contribution is 5.74. The zero-order chi connectivity index (χ0) is 13.2. The van der Waals surface area contributed by atoms with Crippen molar-refractivity contribution in [2.45, 2.75) is 63.5 Å². The standard InChI is InChI=1S/C15H26N2O2/c18-9-10-1-7-13(8-2-10)16-15(19)17-14(11-3-4-11)12-5-6-12/h10-14,18H,1-9H2,(H2,16,17,19). The third-order valence-corrected chi connectivity index (χ3v) is 5.00. The first-order valence-corrected chi connectivity index (χ1v) is 7.94. The molecule has 19 heavy (non-hydrogen) atoms. The van der Waals surface area contributed by atoms with Crippen LogP contribution in [0.4, 0.5) is 4.79 Å². The number of hydrogen-bond donors (Lipinski definition) is 3. The van der Waals surface area contributed by atoms with Crippen LogP contribution in [-0.4, -0.2) is 29.8 Å². The van der Waals surface area contributed by atoms with Gasteiger partial charge in [-0.1, -0.05) is 0 Å². The van der Waals surface area contributed by atoms with Crippen molar-refractivity contribution in [3.05, 3.63) is 0 Å². The molecule has 0 saturated heterocycles. The molecule has 0 atom stereocenters. The topological polar surface area (TPSA) is 61.4 Å². The summed E-state index contributed by atoms with van der Waals surface area (Å²) in [7, 11) is 0. The Bertz CT molecular complexity index is 306. The molecular weight excluding hydrogens is 240 g/mol. The highest BCUT2D eigenvalue weighted by Gasteiger charge is 2.42. The van der Waals surface area contributed by atoms with E-state index in [-0.39, 0.29) is 6.03 Å². The van der Waals surface area contributed by atoms with Gasteiger partial charge >= 0.3 is 6.03 Å². The van der Waals surface area contributed by atoms with Crippen LogP contribution in [0.2, 0.25) is 0 Å². The molecule has 3 fully saturated rings. The molecule has 108 valence electrons. The number of rotatable bonds is 5. The number of carbonyl (C=O) groups is 1. The summed E-state index contributed by atoms with van der Waals surface area (Å²) in [5.74, 6) is 1.96. The van der Waals surface area contributed by atoms with Crippen LogP contribution in [0.15, 0.2) is 0 Å². The molecule has 3 N–H and O–H groups in total. The van der Waals surface area contributed by atoms with Crippen LogP contribution in [0.3, 0.4) is 0 Å². The van der Waals surface area contributed by atoms with Crippen LogP contribution < -0.4 is 10.6 Å². The Hall–Kier alpha value is -0.770. The second-order valence-corrected chi connectivity index (χ2v) is 6.72. The summed E-state index contributed by atoms with van der Waals surface area (Å²) in [5, 5.41) is 15.5. The number of aliphatic hydroxyl groups excluding tert-OH is 1. The fourth-order valence-corrected chi connectivity index (χ4v) is 3.40. The molecule has 4 nitrogen and oxygen atoms in total. The minimum atomic E-state index is 0.0382. The van der Waals surface area contributed by atoms with E-state index in [2.05, 4.69) is 10.6 Å². The molecule has 0 unspecified atom stereocenters. The van der Waals surface area contributed by atoms with Gasteiger partial charge in [-0.25, -0.2) is 4.79 Å². The average molecular weight is 266 g/mol. The predicted octanol–water partition coefficient (Wildman–Crippen LogP) is 2.03. The van der Waals surface area contributed by atoms with Crippen molar-refractivity contribution in [2.75, 3.05) is 6.61 Å². The van der Waals surface area contributed by atoms with E-state index in [1.54, 1.807) is 0 Å². The lowest BCUT2D eigenvalue weighted by Crippen LogP contribution is -2.48. The van der Waals surface area contributed by atoms with E-state index >= 15 is 0 Å². The van der Waals surface area contributed by atoms with Crippen LogP contribution >= 0.6 is 0 Å². The van der Waals surface area contributed by atoms with E-state index in [0.29, 0.717) is 24.6 Å². The average Bonchev–Trinajstić information content (AvgIpc) is 3.30. The molecule has 3 aliphatic carbocycles. The van der Waals surface area contributed by atoms with Crippen LogP contribution in [-0.2, 0) is 0 Å². The molecule has 4 heteroatoms. The van der Waals surface area contributed by atoms with Gasteiger partial charge in [0.25, 0.3) is 0 Å². The van der Waals surface area contributed by atoms with Crippen molar-refractivity contribution >= 4 is 6.03 Å². The van der Waals surface area contributed by atoms with Gasteiger partial charge in [0.05, 0.1) is 0 Å². The van der Waals surface area contributed by atoms with Crippen LogP contribution in [0.5, 0.6) is 0 Å². The molecule has 0 aliphatic heterocycles. The predicted molar refractivity (Wildman–Crippen MR) is 73.7 cm³/mol. The lowest BCUT2D eigenvalue weighted by molar-refractivity contribution is 0.173. The first kappa shape index (κ1) is 13.2. The van der Waals surface area contributed by atoms with Gasteiger partial charge in [0.1, 0.15) is 0 Å². The van der Waals surface area contributed by atoms with Crippen molar-refractivity contribution in [2.24, 2.45) is 17.8 Å². The van der Waals surface area contributed by atoms with Gasteiger partial charge in [0, 0.05) is 18.7 Å². The molecule has 3 saturated carbocycles. The summed E-state index contributed by atoms with van der Waals surface area (Å²) in [4.78, 5) is 12.1. The molecule has 3 rings (SSSR count). The Morgan fingerprint density at radius 1 is 1.00 bits per heavy atom. The van der Waals surface area contributed by atoms with E-state index in [1.807, 2.05) is 0 Å². The molecule has 3 aliphatic rings. The van der Waals surface area contributed by atoms with Crippen molar-refractivity contribution in [1.29, 1.82) is 0 Å². The van der Waals surface area contributed by atoms with Crippen molar-refractivity contribution in [3.8, 4) is 0 Å². The second kappa shape index (κ2) is 5.70. The molecule has 0 spiro atoms. The summed E-state index contributed by atoms with van der Waals surface area (Å²) >= 11 is 0. The van der Waals surface area contributed by atoms with Gasteiger partial charge in [0.2, 0.25) is 0 Å². The lowest BCUT2D eigenvalue weighted by atomic mass is 9.87. The maximum absolute atomic E-state index is 12.1. The fraction of sp³-hybridized carbons (Fsp3) is 0.933. The highest BCUT2D eigenvalue weighted by atomic mass is 16.3. The van der Waals surface area contributed by atoms with E-state index in [9.17, 15) is 4.79 Å². The summed E-state index contributed by atoms with van der Waals surface area (Å²) < 4.78 is 0. The van der Waals surface area contributed by atoms with E-state index in [0.717, 1.165) is 37.5 Å². The second-order valence-electron chi connectivity index (χ2n) is 6.72. The van der Waals surface area contributed by atoms with E-state index < -0.39 is 0 Å². The smallest absolute Gasteiger partial charge is 0.315 e. The van der Waals surface area contributed by atoms with Gasteiger partial charge in [0.15, 0.2) is 0 Å². The lowest BCUT2D eigenvalue weighted by Gasteiger charge is -2.29. The Kier molecular flexibility index (Phi) is 3.96. The van der Waals surface area contributed by atoms with Gasteiger partial charge in [-0.15, -0.1) is 0 Å². The Morgan fingerprint density at radius 2 is 1.58 bits per heavy atom. The third-order valence-electron chi connectivity index (χ3n) is 5.00. The summed E-state index contributed by atoms with van der Waals surface area (Å²) in [6.45, 7) is 0.296. The molecule has 0 aromatic rings. The first-order valence-electron chi connectivity index (χ1n) is 7.94. The summed E-state index contributed by atoms with van der Waals surface area (Å²) in [6, 6.07) is 0.784. The molecule has 0 bridgehead atoms. The summed E-state index contributed by atoms with van der Waals surface area (Å²) in [6.07, 6.45) is 9.27. The number of nitrogens with one attached hydrogen (secondary N) is 2. The number of carbonyl (C=O) groups excluding carboxylic acids is 1. The largest absolute Gasteiger partial charge is 0.396 e. The Labute approximate surface area is 115 Å². The number of urea groups is 1. The van der Waals surface area contributed by atoms with Crippen molar-refractivity contribution < 1.29 is 9.90 Å². The minimum absolute atomic E-state index is 0.0382. The SMILES string of the molecule is O=C(NC1CCC(CO)CC1)NC(C1CC1)C1CC1. The molecule has 0 radical (unpaired) electrons. The van der Waals surface area contributed by atoms with Gasteiger partial charge < -0.3 is 15.7 Å². The first-order chi connectivity index (χ1) is 9.26. The van der Waals surface area contributed by atoms with Crippen LogP contribution in [0.1, 0.15) is 51.4 Å². The maximum atomic E-state index is 12.1. The molecule has 0 aromatic carbocycles. The normalized spacial score (nSPS) is 31.3. The monoisotopic (exact) mass is 266 g/mol. The van der Waals surface area contributed by atoms with E-state index in [4.69, 9.17) is 5.11 Å². The quantitative estimate of drug-likeness (QED) is 0.713. The number of aliphatic hydroxyl groups is 1. The van der Waals surface area contributed by atoms with Gasteiger partial charge in [-0.2, -0.15) is 0 Å². The van der Waals surface area contributed by atoms with Gasteiger partial charge in [-0.3, -0.25) is 0 Å². The number of hydrogen-bond acceptors (Lipinski definition) is 2. The molecule has 2 amide bonds. The maximum Gasteiger partial charge on any atom is 0.315 e.